The average molecular weight is 367 g/mol. The molecule has 1 unspecified atom stereocenters. The van der Waals surface area contributed by atoms with Gasteiger partial charge in [-0.25, -0.2) is 13.2 Å². The van der Waals surface area contributed by atoms with E-state index >= 15 is 0 Å². The predicted molar refractivity (Wildman–Crippen MR) is 70.2 cm³/mol. The van der Waals surface area contributed by atoms with Gasteiger partial charge >= 0.3 is 6.61 Å². The largest absolute Gasteiger partial charge is 0.435 e. The normalized spacial score (nSPS) is 12.5. The fraction of sp³-hybridized carbons (Fsp3) is 0.143. The highest BCUT2D eigenvalue weighted by Crippen LogP contribution is 2.35. The summed E-state index contributed by atoms with van der Waals surface area (Å²) in [6, 6.07) is 6.38. The molecule has 1 atom stereocenters. The van der Waals surface area contributed by atoms with Crippen LogP contribution in [0.4, 0.5) is 22.0 Å². The van der Waals surface area contributed by atoms with Gasteiger partial charge in [-0.15, -0.1) is 0 Å². The van der Waals surface area contributed by atoms with E-state index in [1.165, 1.54) is 24.3 Å². The van der Waals surface area contributed by atoms with Crippen molar-refractivity contribution in [3.8, 4) is 5.75 Å². The zero-order valence-corrected chi connectivity index (χ0v) is 11.9. The van der Waals surface area contributed by atoms with Crippen LogP contribution in [0.5, 0.6) is 5.75 Å². The van der Waals surface area contributed by atoms with E-state index in [0.29, 0.717) is 17.7 Å². The van der Waals surface area contributed by atoms with Crippen molar-refractivity contribution < 1.29 is 26.7 Å². The number of halogens is 6. The van der Waals surface area contributed by atoms with Gasteiger partial charge in [0.2, 0.25) is 0 Å². The Morgan fingerprint density at radius 2 is 1.43 bits per heavy atom. The molecule has 0 saturated carbocycles. The lowest BCUT2D eigenvalue weighted by Gasteiger charge is -2.13. The minimum Gasteiger partial charge on any atom is -0.435 e. The first-order chi connectivity index (χ1) is 9.88. The van der Waals surface area contributed by atoms with E-state index in [0.717, 1.165) is 0 Å². The Morgan fingerprint density at radius 3 is 1.90 bits per heavy atom. The van der Waals surface area contributed by atoms with Crippen molar-refractivity contribution in [2.45, 2.75) is 11.4 Å². The summed E-state index contributed by atoms with van der Waals surface area (Å²) in [5.41, 5.74) is 0.0416. The van der Waals surface area contributed by atoms with E-state index in [1.54, 1.807) is 0 Å². The van der Waals surface area contributed by atoms with E-state index in [1.807, 2.05) is 0 Å². The van der Waals surface area contributed by atoms with Gasteiger partial charge in [0, 0.05) is 17.7 Å². The van der Waals surface area contributed by atoms with Crippen molar-refractivity contribution >= 4 is 15.9 Å². The third-order valence-corrected chi connectivity index (χ3v) is 3.68. The molecular formula is C14H8BrF5O. The molecule has 0 radical (unpaired) electrons. The van der Waals surface area contributed by atoms with Crippen LogP contribution in [0.2, 0.25) is 0 Å². The van der Waals surface area contributed by atoms with Crippen LogP contribution in [0.15, 0.2) is 36.4 Å². The van der Waals surface area contributed by atoms with Gasteiger partial charge in [-0.2, -0.15) is 8.78 Å². The molecule has 2 aromatic rings. The van der Waals surface area contributed by atoms with Gasteiger partial charge in [0.15, 0.2) is 0 Å². The summed E-state index contributed by atoms with van der Waals surface area (Å²) in [4.78, 5) is -0.890. The lowest BCUT2D eigenvalue weighted by atomic mass is 10.0. The minimum absolute atomic E-state index is 0.0755. The summed E-state index contributed by atoms with van der Waals surface area (Å²) >= 11 is 3.10. The molecule has 2 rings (SSSR count). The van der Waals surface area contributed by atoms with Gasteiger partial charge < -0.3 is 4.74 Å². The van der Waals surface area contributed by atoms with Crippen molar-refractivity contribution in [1.82, 2.24) is 0 Å². The molecule has 0 aliphatic rings. The fourth-order valence-corrected chi connectivity index (χ4v) is 2.52. The first kappa shape index (κ1) is 15.8. The monoisotopic (exact) mass is 366 g/mol. The van der Waals surface area contributed by atoms with Crippen LogP contribution in [-0.4, -0.2) is 6.61 Å². The molecule has 112 valence electrons. The van der Waals surface area contributed by atoms with Crippen LogP contribution in [0.25, 0.3) is 0 Å². The van der Waals surface area contributed by atoms with Crippen LogP contribution in [0.3, 0.4) is 0 Å². The fourth-order valence-electron chi connectivity index (χ4n) is 1.78. The van der Waals surface area contributed by atoms with Crippen molar-refractivity contribution in [3.05, 3.63) is 65.0 Å². The Labute approximate surface area is 125 Å². The second-order valence-electron chi connectivity index (χ2n) is 4.09. The molecule has 0 bridgehead atoms. The molecule has 0 spiro atoms. The van der Waals surface area contributed by atoms with Crippen molar-refractivity contribution in [2.75, 3.05) is 0 Å². The standard InChI is InChI=1S/C14H8BrF5O/c15-13(12-10(17)5-8(16)6-11(12)18)7-1-3-9(4-2-7)21-14(19)20/h1-6,13-14H. The first-order valence-electron chi connectivity index (χ1n) is 5.71. The zero-order valence-electron chi connectivity index (χ0n) is 10.3. The molecule has 0 fully saturated rings. The summed E-state index contributed by atoms with van der Waals surface area (Å²) in [6.45, 7) is -2.96. The SMILES string of the molecule is Fc1cc(F)c(C(Br)c2ccc(OC(F)F)cc2)c(F)c1. The molecule has 7 heteroatoms. The van der Waals surface area contributed by atoms with E-state index in [4.69, 9.17) is 0 Å². The quantitative estimate of drug-likeness (QED) is 0.534. The van der Waals surface area contributed by atoms with Crippen LogP contribution in [0.1, 0.15) is 16.0 Å². The third kappa shape index (κ3) is 3.72. The van der Waals surface area contributed by atoms with E-state index in [9.17, 15) is 22.0 Å². The first-order valence-corrected chi connectivity index (χ1v) is 6.63. The van der Waals surface area contributed by atoms with Gasteiger partial charge in [0.25, 0.3) is 0 Å². The highest BCUT2D eigenvalue weighted by Gasteiger charge is 2.21. The number of ether oxygens (including phenoxy) is 1. The highest BCUT2D eigenvalue weighted by molar-refractivity contribution is 9.09. The van der Waals surface area contributed by atoms with Crippen LogP contribution < -0.4 is 4.74 Å². The van der Waals surface area contributed by atoms with Gasteiger partial charge in [-0.3, -0.25) is 0 Å². The molecule has 0 aromatic heterocycles. The van der Waals surface area contributed by atoms with E-state index in [2.05, 4.69) is 20.7 Å². The summed E-state index contributed by atoms with van der Waals surface area (Å²) < 4.78 is 68.4. The number of alkyl halides is 3. The molecule has 0 N–H and O–H groups in total. The molecular weight excluding hydrogens is 359 g/mol. The summed E-state index contributed by atoms with van der Waals surface area (Å²) in [6.07, 6.45) is 0. The van der Waals surface area contributed by atoms with E-state index in [-0.39, 0.29) is 11.3 Å². The summed E-state index contributed by atoms with van der Waals surface area (Å²) in [7, 11) is 0. The van der Waals surface area contributed by atoms with Crippen LogP contribution in [-0.2, 0) is 0 Å². The Balaban J connectivity index is 2.30. The van der Waals surface area contributed by atoms with Crippen molar-refractivity contribution in [2.24, 2.45) is 0 Å². The molecule has 1 nitrogen and oxygen atoms in total. The van der Waals surface area contributed by atoms with Crippen LogP contribution in [0, 0.1) is 17.5 Å². The lowest BCUT2D eigenvalue weighted by Crippen LogP contribution is -2.03. The van der Waals surface area contributed by atoms with Crippen molar-refractivity contribution in [3.63, 3.8) is 0 Å². The number of hydrogen-bond acceptors (Lipinski definition) is 1. The topological polar surface area (TPSA) is 9.23 Å². The lowest BCUT2D eigenvalue weighted by molar-refractivity contribution is -0.0498. The Morgan fingerprint density at radius 1 is 0.905 bits per heavy atom. The van der Waals surface area contributed by atoms with Gasteiger partial charge in [0.05, 0.1) is 4.83 Å². The minimum atomic E-state index is -2.96. The third-order valence-electron chi connectivity index (χ3n) is 2.70. The van der Waals surface area contributed by atoms with Gasteiger partial charge in [-0.05, 0) is 17.7 Å². The number of rotatable bonds is 4. The van der Waals surface area contributed by atoms with E-state index < -0.39 is 28.9 Å². The Kier molecular flexibility index (Phi) is 4.82. The molecule has 21 heavy (non-hydrogen) atoms. The smallest absolute Gasteiger partial charge is 0.387 e. The van der Waals surface area contributed by atoms with Gasteiger partial charge in [-0.1, -0.05) is 28.1 Å². The maximum atomic E-state index is 13.7. The molecule has 0 saturated heterocycles. The Bertz CT molecular complexity index is 607. The highest BCUT2D eigenvalue weighted by atomic mass is 79.9. The summed E-state index contributed by atoms with van der Waals surface area (Å²) in [5, 5.41) is 0. The second kappa shape index (κ2) is 6.43. The Hall–Kier alpha value is -1.63. The summed E-state index contributed by atoms with van der Waals surface area (Å²) in [5.74, 6) is -3.17. The predicted octanol–water partition coefficient (Wildman–Crippen LogP) is 5.19. The molecule has 2 aromatic carbocycles. The zero-order chi connectivity index (χ0) is 15.6. The van der Waals surface area contributed by atoms with Gasteiger partial charge in [0.1, 0.15) is 23.2 Å². The van der Waals surface area contributed by atoms with Crippen molar-refractivity contribution in [1.29, 1.82) is 0 Å². The molecule has 0 amide bonds. The molecule has 0 heterocycles. The number of hydrogen-bond donors (Lipinski definition) is 0. The maximum Gasteiger partial charge on any atom is 0.387 e. The molecule has 0 aliphatic heterocycles. The van der Waals surface area contributed by atoms with Crippen LogP contribution >= 0.6 is 15.9 Å². The average Bonchev–Trinajstić information content (AvgIpc) is 2.37. The molecule has 0 aliphatic carbocycles. The number of benzene rings is 2. The maximum absolute atomic E-state index is 13.7. The second-order valence-corrected chi connectivity index (χ2v) is 5.01.